The van der Waals surface area contributed by atoms with E-state index >= 15 is 0 Å². The zero-order valence-corrected chi connectivity index (χ0v) is 11.2. The standard InChI is InChI=1S/C13H16N2OS/c1-9(2)12-11(17)7-10(8-15-12)16-13(3,4)5-6-14/h7-8,17H,1,5H2,2-4H3. The van der Waals surface area contributed by atoms with Crippen molar-refractivity contribution in [3.8, 4) is 11.8 Å². The molecule has 0 spiro atoms. The van der Waals surface area contributed by atoms with Gasteiger partial charge in [0.15, 0.2) is 0 Å². The minimum atomic E-state index is -0.526. The summed E-state index contributed by atoms with van der Waals surface area (Å²) in [6.45, 7) is 9.43. The molecule has 0 aliphatic carbocycles. The fourth-order valence-corrected chi connectivity index (χ4v) is 1.74. The van der Waals surface area contributed by atoms with Crippen LogP contribution >= 0.6 is 12.6 Å². The molecule has 1 rings (SSSR count). The third-order valence-electron chi connectivity index (χ3n) is 2.15. The monoisotopic (exact) mass is 248 g/mol. The number of hydrogen-bond acceptors (Lipinski definition) is 4. The second-order valence-corrected chi connectivity index (χ2v) is 5.00. The molecule has 0 saturated heterocycles. The second-order valence-electron chi connectivity index (χ2n) is 4.52. The first-order valence-corrected chi connectivity index (χ1v) is 5.71. The SMILES string of the molecule is C=C(C)c1ncc(OC(C)(C)CC#N)cc1S. The lowest BCUT2D eigenvalue weighted by molar-refractivity contribution is 0.114. The average Bonchev–Trinajstić information content (AvgIpc) is 2.15. The molecule has 0 bridgehead atoms. The summed E-state index contributed by atoms with van der Waals surface area (Å²) in [6, 6.07) is 3.88. The number of pyridine rings is 1. The first-order chi connectivity index (χ1) is 7.85. The molecule has 1 aromatic heterocycles. The van der Waals surface area contributed by atoms with Gasteiger partial charge in [0.1, 0.15) is 11.4 Å². The fraction of sp³-hybridized carbons (Fsp3) is 0.385. The Kier molecular flexibility index (Phi) is 4.19. The molecule has 0 amide bonds. The molecule has 0 aliphatic heterocycles. The van der Waals surface area contributed by atoms with Crippen LogP contribution in [0.25, 0.3) is 5.57 Å². The maximum absolute atomic E-state index is 8.68. The van der Waals surface area contributed by atoms with Crippen molar-refractivity contribution in [2.75, 3.05) is 0 Å². The summed E-state index contributed by atoms with van der Waals surface area (Å²) >= 11 is 4.34. The summed E-state index contributed by atoms with van der Waals surface area (Å²) in [5.41, 5.74) is 1.10. The van der Waals surface area contributed by atoms with Crippen LogP contribution in [0.5, 0.6) is 5.75 Å². The Hall–Kier alpha value is -1.47. The van der Waals surface area contributed by atoms with E-state index in [1.165, 1.54) is 0 Å². The van der Waals surface area contributed by atoms with Gasteiger partial charge in [0.05, 0.1) is 24.4 Å². The number of rotatable bonds is 4. The third-order valence-corrected chi connectivity index (χ3v) is 2.49. The van der Waals surface area contributed by atoms with Gasteiger partial charge in [-0.2, -0.15) is 5.26 Å². The molecule has 0 radical (unpaired) electrons. The fourth-order valence-electron chi connectivity index (χ4n) is 1.36. The summed E-state index contributed by atoms with van der Waals surface area (Å²) < 4.78 is 5.69. The number of ether oxygens (including phenoxy) is 1. The van der Waals surface area contributed by atoms with E-state index in [1.807, 2.05) is 20.8 Å². The van der Waals surface area contributed by atoms with E-state index in [-0.39, 0.29) is 0 Å². The Morgan fingerprint density at radius 3 is 2.76 bits per heavy atom. The molecule has 0 saturated carbocycles. The van der Waals surface area contributed by atoms with Crippen LogP contribution in [0, 0.1) is 11.3 Å². The quantitative estimate of drug-likeness (QED) is 0.830. The Morgan fingerprint density at radius 2 is 2.29 bits per heavy atom. The van der Waals surface area contributed by atoms with E-state index in [4.69, 9.17) is 10.00 Å². The number of aromatic nitrogens is 1. The largest absolute Gasteiger partial charge is 0.485 e. The number of nitrogens with zero attached hydrogens (tertiary/aromatic N) is 2. The van der Waals surface area contributed by atoms with Crippen molar-refractivity contribution in [1.29, 1.82) is 5.26 Å². The van der Waals surface area contributed by atoms with Gasteiger partial charge in [-0.25, -0.2) is 0 Å². The molecule has 0 fully saturated rings. The lowest BCUT2D eigenvalue weighted by atomic mass is 10.1. The molecule has 4 heteroatoms. The highest BCUT2D eigenvalue weighted by Crippen LogP contribution is 2.26. The van der Waals surface area contributed by atoms with Crippen LogP contribution in [0.15, 0.2) is 23.7 Å². The molecule has 1 heterocycles. The van der Waals surface area contributed by atoms with Gasteiger partial charge in [-0.3, -0.25) is 4.98 Å². The highest BCUT2D eigenvalue weighted by atomic mass is 32.1. The van der Waals surface area contributed by atoms with Crippen molar-refractivity contribution in [3.63, 3.8) is 0 Å². The minimum Gasteiger partial charge on any atom is -0.485 e. The van der Waals surface area contributed by atoms with E-state index < -0.39 is 5.60 Å². The van der Waals surface area contributed by atoms with Crippen molar-refractivity contribution in [1.82, 2.24) is 4.98 Å². The maximum atomic E-state index is 8.68. The van der Waals surface area contributed by atoms with E-state index in [9.17, 15) is 0 Å². The topological polar surface area (TPSA) is 45.9 Å². The van der Waals surface area contributed by atoms with Crippen molar-refractivity contribution in [3.05, 3.63) is 24.5 Å². The van der Waals surface area contributed by atoms with E-state index in [2.05, 4.69) is 30.3 Å². The van der Waals surface area contributed by atoms with E-state index in [0.29, 0.717) is 12.2 Å². The zero-order valence-electron chi connectivity index (χ0n) is 10.3. The van der Waals surface area contributed by atoms with Gasteiger partial charge < -0.3 is 4.74 Å². The summed E-state index contributed by atoms with van der Waals surface area (Å²) in [6.07, 6.45) is 1.94. The average molecular weight is 248 g/mol. The van der Waals surface area contributed by atoms with Gasteiger partial charge in [-0.1, -0.05) is 6.58 Å². The Balaban J connectivity index is 2.92. The Morgan fingerprint density at radius 1 is 1.65 bits per heavy atom. The Labute approximate surface area is 108 Å². The number of thiol groups is 1. The summed E-state index contributed by atoms with van der Waals surface area (Å²) in [4.78, 5) is 4.96. The predicted octanol–water partition coefficient (Wildman–Crippen LogP) is 3.47. The van der Waals surface area contributed by atoms with Crippen molar-refractivity contribution >= 4 is 18.2 Å². The maximum Gasteiger partial charge on any atom is 0.139 e. The van der Waals surface area contributed by atoms with E-state index in [1.54, 1.807) is 12.3 Å². The summed E-state index contributed by atoms with van der Waals surface area (Å²) in [5, 5.41) is 8.68. The van der Waals surface area contributed by atoms with Crippen LogP contribution in [0.4, 0.5) is 0 Å². The van der Waals surface area contributed by atoms with Crippen molar-refractivity contribution in [2.45, 2.75) is 37.7 Å². The zero-order chi connectivity index (χ0) is 13.1. The van der Waals surface area contributed by atoms with Gasteiger partial charge in [-0.05, 0) is 32.4 Å². The third kappa shape index (κ3) is 3.79. The normalized spacial score (nSPS) is 10.8. The van der Waals surface area contributed by atoms with Gasteiger partial charge in [-0.15, -0.1) is 12.6 Å². The number of hydrogen-bond donors (Lipinski definition) is 1. The van der Waals surface area contributed by atoms with Crippen LogP contribution < -0.4 is 4.74 Å². The highest BCUT2D eigenvalue weighted by molar-refractivity contribution is 7.80. The van der Waals surface area contributed by atoms with E-state index in [0.717, 1.165) is 16.2 Å². The number of allylic oxidation sites excluding steroid dienone is 1. The first kappa shape index (κ1) is 13.6. The molecule has 0 aliphatic rings. The summed E-state index contributed by atoms with van der Waals surface area (Å²) in [7, 11) is 0. The number of nitriles is 1. The molecule has 90 valence electrons. The first-order valence-electron chi connectivity index (χ1n) is 5.26. The minimum absolute atomic E-state index is 0.317. The Bertz CT molecular complexity index is 475. The summed E-state index contributed by atoms with van der Waals surface area (Å²) in [5.74, 6) is 0.611. The van der Waals surface area contributed by atoms with Gasteiger partial charge >= 0.3 is 0 Å². The van der Waals surface area contributed by atoms with Crippen LogP contribution in [0.3, 0.4) is 0 Å². The van der Waals surface area contributed by atoms with Crippen molar-refractivity contribution < 1.29 is 4.74 Å². The smallest absolute Gasteiger partial charge is 0.139 e. The lowest BCUT2D eigenvalue weighted by Crippen LogP contribution is -2.27. The molecule has 0 aromatic carbocycles. The van der Waals surface area contributed by atoms with Crippen molar-refractivity contribution in [2.24, 2.45) is 0 Å². The predicted molar refractivity (Wildman–Crippen MR) is 71.1 cm³/mol. The lowest BCUT2D eigenvalue weighted by Gasteiger charge is -2.23. The molecule has 0 atom stereocenters. The van der Waals surface area contributed by atoms with Gasteiger partial charge in [0.25, 0.3) is 0 Å². The molecular formula is C13H16N2OS. The molecule has 1 aromatic rings. The van der Waals surface area contributed by atoms with Crippen LogP contribution in [0.1, 0.15) is 32.9 Å². The molecule has 0 unspecified atom stereocenters. The highest BCUT2D eigenvalue weighted by Gasteiger charge is 2.20. The molecule has 3 nitrogen and oxygen atoms in total. The molecule has 17 heavy (non-hydrogen) atoms. The van der Waals surface area contributed by atoms with Crippen LogP contribution in [-0.4, -0.2) is 10.6 Å². The van der Waals surface area contributed by atoms with Crippen LogP contribution in [-0.2, 0) is 0 Å². The van der Waals surface area contributed by atoms with Gasteiger partial charge in [0, 0.05) is 4.90 Å². The van der Waals surface area contributed by atoms with Crippen LogP contribution in [0.2, 0.25) is 0 Å². The molecule has 0 N–H and O–H groups in total. The second kappa shape index (κ2) is 5.24. The molecular weight excluding hydrogens is 232 g/mol. The van der Waals surface area contributed by atoms with Gasteiger partial charge in [0.2, 0.25) is 0 Å².